The number of methoxy groups -OCH3 is 1. The molecule has 0 amide bonds. The number of nitrogens with one attached hydrogen (secondary N) is 1. The van der Waals surface area contributed by atoms with E-state index in [0.29, 0.717) is 23.1 Å². The Hall–Kier alpha value is -2.39. The molecule has 2 aliphatic rings. The number of hydrogen-bond donors (Lipinski definition) is 2. The Morgan fingerprint density at radius 1 is 1.23 bits per heavy atom. The van der Waals surface area contributed by atoms with Crippen LogP contribution < -0.4 is 10.1 Å². The zero-order valence-corrected chi connectivity index (χ0v) is 18.7. The van der Waals surface area contributed by atoms with Crippen molar-refractivity contribution in [2.24, 2.45) is 0 Å². The van der Waals surface area contributed by atoms with Crippen molar-refractivity contribution >= 4 is 28.7 Å². The molecule has 2 fully saturated rings. The normalized spacial score (nSPS) is 25.1. The van der Waals surface area contributed by atoms with Crippen molar-refractivity contribution in [1.82, 2.24) is 25.0 Å². The minimum absolute atomic E-state index is 0.0650. The molecule has 164 valence electrons. The van der Waals surface area contributed by atoms with E-state index in [1.54, 1.807) is 18.9 Å². The number of aliphatic hydroxyl groups excluding tert-OH is 1. The summed E-state index contributed by atoms with van der Waals surface area (Å²) in [6, 6.07) is 8.50. The minimum Gasteiger partial charge on any atom is -0.497 e. The topological polar surface area (TPSA) is 98.0 Å². The molecule has 0 saturated heterocycles. The molecule has 2 aliphatic carbocycles. The Balaban J connectivity index is 1.42. The van der Waals surface area contributed by atoms with Gasteiger partial charge in [0.25, 0.3) is 0 Å². The Kier molecular flexibility index (Phi) is 5.71. The Bertz CT molecular complexity index is 1060. The molecule has 0 spiro atoms. The third-order valence-electron chi connectivity index (χ3n) is 6.15. The molecule has 0 aliphatic heterocycles. The van der Waals surface area contributed by atoms with Crippen LogP contribution in [0, 0.1) is 0 Å². The van der Waals surface area contributed by atoms with Gasteiger partial charge < -0.3 is 15.2 Å². The summed E-state index contributed by atoms with van der Waals surface area (Å²) >= 11 is 1.65. The van der Waals surface area contributed by atoms with Gasteiger partial charge in [-0.05, 0) is 49.8 Å². The lowest BCUT2D eigenvalue weighted by molar-refractivity contribution is 0.131. The lowest BCUT2D eigenvalue weighted by Gasteiger charge is -2.15. The molecular weight excluding hydrogens is 412 g/mol. The first-order valence-electron chi connectivity index (χ1n) is 11.0. The molecule has 5 rings (SSSR count). The van der Waals surface area contributed by atoms with E-state index in [2.05, 4.69) is 34.7 Å². The van der Waals surface area contributed by atoms with Gasteiger partial charge in [0.1, 0.15) is 5.75 Å². The van der Waals surface area contributed by atoms with Crippen LogP contribution in [0.25, 0.3) is 11.2 Å². The number of aromatic nitrogens is 5. The first kappa shape index (κ1) is 20.5. The molecule has 2 heterocycles. The molecule has 31 heavy (non-hydrogen) atoms. The lowest BCUT2D eigenvalue weighted by Crippen LogP contribution is -2.20. The highest BCUT2D eigenvalue weighted by atomic mass is 32.2. The second-order valence-electron chi connectivity index (χ2n) is 8.34. The van der Waals surface area contributed by atoms with Crippen molar-refractivity contribution in [1.29, 1.82) is 0 Å². The van der Waals surface area contributed by atoms with Crippen molar-refractivity contribution in [2.75, 3.05) is 18.2 Å². The van der Waals surface area contributed by atoms with Crippen LogP contribution in [0.2, 0.25) is 0 Å². The molecule has 0 radical (unpaired) electrons. The summed E-state index contributed by atoms with van der Waals surface area (Å²) in [5, 5.41) is 23.5. The first-order chi connectivity index (χ1) is 15.2. The highest BCUT2D eigenvalue weighted by molar-refractivity contribution is 7.99. The summed E-state index contributed by atoms with van der Waals surface area (Å²) in [5.74, 6) is 3.00. The first-order valence-corrected chi connectivity index (χ1v) is 12.0. The number of fused-ring (bicyclic) bond motifs is 1. The summed E-state index contributed by atoms with van der Waals surface area (Å²) in [5.41, 5.74) is 2.69. The van der Waals surface area contributed by atoms with E-state index in [4.69, 9.17) is 14.7 Å². The standard InChI is InChI=1S/C22H28N6O2S/c1-3-11-31-22-24-20(23-16-12-15(16)13-7-9-14(30-2)10-8-13)19-21(25-22)28(27-26-19)17-5-4-6-18(17)29/h7-10,15-18,29H,3-6,11-12H2,1-2H3,(H,23,24,25). The van der Waals surface area contributed by atoms with E-state index in [1.807, 2.05) is 16.8 Å². The maximum Gasteiger partial charge on any atom is 0.191 e. The fraction of sp³-hybridized carbons (Fsp3) is 0.545. The Morgan fingerprint density at radius 2 is 2.06 bits per heavy atom. The quantitative estimate of drug-likeness (QED) is 0.403. The lowest BCUT2D eigenvalue weighted by atomic mass is 10.1. The number of aliphatic hydroxyl groups is 1. The number of rotatable bonds is 8. The van der Waals surface area contributed by atoms with Crippen LogP contribution in [0.4, 0.5) is 5.82 Å². The van der Waals surface area contributed by atoms with Crippen LogP contribution in [-0.4, -0.2) is 55.1 Å². The zero-order valence-electron chi connectivity index (χ0n) is 17.9. The molecule has 9 heteroatoms. The van der Waals surface area contributed by atoms with E-state index >= 15 is 0 Å². The molecule has 8 nitrogen and oxygen atoms in total. The van der Waals surface area contributed by atoms with E-state index in [1.165, 1.54) is 5.56 Å². The SMILES string of the molecule is CCCSc1nc(NC2CC2c2ccc(OC)cc2)c2nnn(C3CCCC3O)c2n1. The number of thioether (sulfide) groups is 1. The molecule has 2 N–H and O–H groups in total. The predicted octanol–water partition coefficient (Wildman–Crippen LogP) is 3.79. The average molecular weight is 441 g/mol. The van der Waals surface area contributed by atoms with Crippen molar-refractivity contribution in [3.05, 3.63) is 29.8 Å². The van der Waals surface area contributed by atoms with Crippen molar-refractivity contribution < 1.29 is 9.84 Å². The van der Waals surface area contributed by atoms with Crippen LogP contribution in [-0.2, 0) is 0 Å². The maximum atomic E-state index is 10.4. The minimum atomic E-state index is -0.397. The van der Waals surface area contributed by atoms with Gasteiger partial charge in [0.15, 0.2) is 22.1 Å². The van der Waals surface area contributed by atoms with Gasteiger partial charge in [-0.1, -0.05) is 36.0 Å². The maximum absolute atomic E-state index is 10.4. The van der Waals surface area contributed by atoms with Gasteiger partial charge in [-0.15, -0.1) is 5.10 Å². The second-order valence-corrected chi connectivity index (χ2v) is 9.40. The number of anilines is 1. The fourth-order valence-electron chi connectivity index (χ4n) is 4.35. The van der Waals surface area contributed by atoms with Crippen molar-refractivity contribution in [3.8, 4) is 5.75 Å². The summed E-state index contributed by atoms with van der Waals surface area (Å²) in [6.45, 7) is 2.15. The summed E-state index contributed by atoms with van der Waals surface area (Å²) < 4.78 is 7.08. The van der Waals surface area contributed by atoms with Gasteiger partial charge in [-0.3, -0.25) is 0 Å². The summed E-state index contributed by atoms with van der Waals surface area (Å²) in [6.07, 6.45) is 4.38. The third-order valence-corrected chi connectivity index (χ3v) is 7.21. The average Bonchev–Trinajstić information content (AvgIpc) is 3.21. The molecule has 3 aromatic rings. The van der Waals surface area contributed by atoms with E-state index in [-0.39, 0.29) is 6.04 Å². The van der Waals surface area contributed by atoms with Crippen LogP contribution in [0.3, 0.4) is 0 Å². The van der Waals surface area contributed by atoms with E-state index in [9.17, 15) is 5.11 Å². The second kappa shape index (κ2) is 8.63. The van der Waals surface area contributed by atoms with Crippen LogP contribution in [0.15, 0.2) is 29.4 Å². The third kappa shape index (κ3) is 4.08. The Labute approximate surface area is 185 Å². The smallest absolute Gasteiger partial charge is 0.191 e. The number of nitrogens with zero attached hydrogens (tertiary/aromatic N) is 5. The number of ether oxygens (including phenoxy) is 1. The monoisotopic (exact) mass is 440 g/mol. The van der Waals surface area contributed by atoms with Gasteiger partial charge in [0.2, 0.25) is 0 Å². The van der Waals surface area contributed by atoms with Crippen molar-refractivity contribution in [3.63, 3.8) is 0 Å². The molecule has 2 saturated carbocycles. The highest BCUT2D eigenvalue weighted by Gasteiger charge is 2.39. The molecule has 1 aromatic carbocycles. The van der Waals surface area contributed by atoms with Gasteiger partial charge in [0.05, 0.1) is 19.3 Å². The van der Waals surface area contributed by atoms with E-state index in [0.717, 1.165) is 54.6 Å². The van der Waals surface area contributed by atoms with Gasteiger partial charge >= 0.3 is 0 Å². The van der Waals surface area contributed by atoms with Gasteiger partial charge in [-0.2, -0.15) is 0 Å². The largest absolute Gasteiger partial charge is 0.497 e. The predicted molar refractivity (Wildman–Crippen MR) is 121 cm³/mol. The summed E-state index contributed by atoms with van der Waals surface area (Å²) in [4.78, 5) is 9.54. The fourth-order valence-corrected chi connectivity index (χ4v) is 5.04. The molecular formula is C22H28N6O2S. The zero-order chi connectivity index (χ0) is 21.4. The highest BCUT2D eigenvalue weighted by Crippen LogP contribution is 2.44. The molecule has 2 aromatic heterocycles. The van der Waals surface area contributed by atoms with Crippen LogP contribution in [0.5, 0.6) is 5.75 Å². The summed E-state index contributed by atoms with van der Waals surface area (Å²) in [7, 11) is 1.68. The number of hydrogen-bond acceptors (Lipinski definition) is 8. The van der Waals surface area contributed by atoms with Gasteiger partial charge in [-0.25, -0.2) is 14.6 Å². The van der Waals surface area contributed by atoms with E-state index < -0.39 is 6.10 Å². The van der Waals surface area contributed by atoms with Gasteiger partial charge in [0, 0.05) is 17.7 Å². The molecule has 4 unspecified atom stereocenters. The number of benzene rings is 1. The van der Waals surface area contributed by atoms with Crippen molar-refractivity contribution in [2.45, 2.75) is 68.3 Å². The molecule has 4 atom stereocenters. The molecule has 0 bridgehead atoms. The van der Waals surface area contributed by atoms with Crippen LogP contribution >= 0.6 is 11.8 Å². The van der Waals surface area contributed by atoms with Crippen LogP contribution in [0.1, 0.15) is 56.6 Å². The Morgan fingerprint density at radius 3 is 2.77 bits per heavy atom.